The number of pyridine rings is 1. The van der Waals surface area contributed by atoms with Crippen LogP contribution in [0, 0.1) is 5.41 Å². The van der Waals surface area contributed by atoms with E-state index in [9.17, 15) is 14.7 Å². The third-order valence-electron chi connectivity index (χ3n) is 4.85. The minimum Gasteiger partial charge on any atom is -0.481 e. The lowest BCUT2D eigenvalue weighted by Gasteiger charge is -2.40. The van der Waals surface area contributed by atoms with Gasteiger partial charge in [0.2, 0.25) is 5.91 Å². The van der Waals surface area contributed by atoms with Crippen LogP contribution in [0.15, 0.2) is 36.0 Å². The van der Waals surface area contributed by atoms with Crippen molar-refractivity contribution in [2.24, 2.45) is 5.41 Å². The summed E-state index contributed by atoms with van der Waals surface area (Å²) in [5.74, 6) is -0.833. The summed E-state index contributed by atoms with van der Waals surface area (Å²) in [6, 6.07) is 5.71. The molecule has 1 fully saturated rings. The first-order valence-corrected chi connectivity index (χ1v) is 9.05. The number of carboxylic acids is 1. The molecule has 1 saturated heterocycles. The molecule has 0 aliphatic carbocycles. The summed E-state index contributed by atoms with van der Waals surface area (Å²) < 4.78 is 0. The first kappa shape index (κ1) is 20.1. The number of aliphatic carboxylic acids is 1. The highest BCUT2D eigenvalue weighted by Crippen LogP contribution is 2.35. The second-order valence-corrected chi connectivity index (χ2v) is 7.48. The normalized spacial score (nSPS) is 20.1. The van der Waals surface area contributed by atoms with Crippen molar-refractivity contribution in [1.29, 1.82) is 0 Å². The molecule has 142 valence electrons. The Hall–Kier alpha value is -2.21. The van der Waals surface area contributed by atoms with Gasteiger partial charge in [-0.15, -0.1) is 0 Å². The van der Waals surface area contributed by atoms with Crippen LogP contribution < -0.4 is 0 Å². The summed E-state index contributed by atoms with van der Waals surface area (Å²) in [6.45, 7) is 5.68. The zero-order valence-electron chi connectivity index (χ0n) is 15.9. The molecule has 2 rings (SSSR count). The molecular weight excluding hydrogens is 330 g/mol. The van der Waals surface area contributed by atoms with Crippen LogP contribution in [-0.2, 0) is 16.1 Å². The van der Waals surface area contributed by atoms with E-state index in [4.69, 9.17) is 0 Å². The first-order valence-electron chi connectivity index (χ1n) is 9.05. The van der Waals surface area contributed by atoms with Crippen LogP contribution in [0.2, 0.25) is 0 Å². The zero-order valence-corrected chi connectivity index (χ0v) is 15.9. The van der Waals surface area contributed by atoms with Crippen LogP contribution in [0.25, 0.3) is 0 Å². The Balaban J connectivity index is 1.99. The largest absolute Gasteiger partial charge is 0.481 e. The van der Waals surface area contributed by atoms with Gasteiger partial charge in [0.05, 0.1) is 17.7 Å². The van der Waals surface area contributed by atoms with Gasteiger partial charge < -0.3 is 10.0 Å². The summed E-state index contributed by atoms with van der Waals surface area (Å²) in [7, 11) is 1.88. The van der Waals surface area contributed by atoms with E-state index >= 15 is 0 Å². The van der Waals surface area contributed by atoms with E-state index in [2.05, 4.69) is 4.98 Å². The van der Waals surface area contributed by atoms with Gasteiger partial charge in [0, 0.05) is 25.8 Å². The molecule has 2 heterocycles. The number of nitrogens with zero attached hydrogens (tertiary/aromatic N) is 3. The van der Waals surface area contributed by atoms with E-state index in [1.807, 2.05) is 50.1 Å². The fourth-order valence-corrected chi connectivity index (χ4v) is 3.33. The molecule has 6 nitrogen and oxygen atoms in total. The van der Waals surface area contributed by atoms with Gasteiger partial charge in [0.1, 0.15) is 0 Å². The molecule has 1 amide bonds. The second kappa shape index (κ2) is 8.94. The van der Waals surface area contributed by atoms with E-state index in [1.165, 1.54) is 0 Å². The Morgan fingerprint density at radius 1 is 1.38 bits per heavy atom. The van der Waals surface area contributed by atoms with Gasteiger partial charge in [-0.25, -0.2) is 0 Å². The minimum atomic E-state index is -0.870. The SMILES string of the molecule is CC(C)=CCC1(C(=O)O)CCCN(C(=O)CN(C)Cc2ccccn2)C1. The molecule has 1 aliphatic rings. The van der Waals surface area contributed by atoms with Gasteiger partial charge >= 0.3 is 5.97 Å². The van der Waals surface area contributed by atoms with Gasteiger partial charge in [0.15, 0.2) is 0 Å². The fourth-order valence-electron chi connectivity index (χ4n) is 3.33. The molecule has 1 atom stereocenters. The van der Waals surface area contributed by atoms with E-state index < -0.39 is 11.4 Å². The number of hydrogen-bond donors (Lipinski definition) is 1. The van der Waals surface area contributed by atoms with Crippen LogP contribution in [0.3, 0.4) is 0 Å². The van der Waals surface area contributed by atoms with E-state index in [1.54, 1.807) is 11.1 Å². The number of carboxylic acid groups (broad SMARTS) is 1. The smallest absolute Gasteiger partial charge is 0.311 e. The van der Waals surface area contributed by atoms with Crippen molar-refractivity contribution in [2.45, 2.75) is 39.7 Å². The monoisotopic (exact) mass is 359 g/mol. The maximum Gasteiger partial charge on any atom is 0.311 e. The van der Waals surface area contributed by atoms with Crippen molar-refractivity contribution in [3.8, 4) is 0 Å². The van der Waals surface area contributed by atoms with Crippen LogP contribution in [-0.4, -0.2) is 58.4 Å². The highest BCUT2D eigenvalue weighted by Gasteiger charge is 2.42. The third-order valence-corrected chi connectivity index (χ3v) is 4.85. The Bertz CT molecular complexity index is 656. The zero-order chi connectivity index (χ0) is 19.2. The first-order chi connectivity index (χ1) is 12.3. The van der Waals surface area contributed by atoms with Gasteiger partial charge in [-0.1, -0.05) is 17.7 Å². The number of likely N-dealkylation sites (N-methyl/N-ethyl adjacent to an activating group) is 1. The number of allylic oxidation sites excluding steroid dienone is 2. The van der Waals surface area contributed by atoms with Crippen molar-refractivity contribution < 1.29 is 14.7 Å². The number of hydrogen-bond acceptors (Lipinski definition) is 4. The highest BCUT2D eigenvalue weighted by molar-refractivity contribution is 5.81. The quantitative estimate of drug-likeness (QED) is 0.758. The molecule has 1 N–H and O–H groups in total. The number of amides is 1. The number of likely N-dealkylation sites (tertiary alicyclic amines) is 1. The van der Waals surface area contributed by atoms with E-state index in [-0.39, 0.29) is 19.0 Å². The molecule has 1 aliphatic heterocycles. The van der Waals surface area contributed by atoms with Gasteiger partial charge in [0.25, 0.3) is 0 Å². The Morgan fingerprint density at radius 3 is 2.77 bits per heavy atom. The second-order valence-electron chi connectivity index (χ2n) is 7.48. The van der Waals surface area contributed by atoms with Crippen molar-refractivity contribution in [2.75, 3.05) is 26.7 Å². The average molecular weight is 359 g/mol. The number of aromatic nitrogens is 1. The molecule has 0 bridgehead atoms. The number of carbonyl (C=O) groups excluding carboxylic acids is 1. The topological polar surface area (TPSA) is 73.7 Å². The highest BCUT2D eigenvalue weighted by atomic mass is 16.4. The number of rotatable bonds is 7. The number of carbonyl (C=O) groups is 2. The Labute approximate surface area is 155 Å². The van der Waals surface area contributed by atoms with Crippen LogP contribution in [0.1, 0.15) is 38.8 Å². The summed E-state index contributed by atoms with van der Waals surface area (Å²) in [6.07, 6.45) is 5.51. The number of piperidine rings is 1. The minimum absolute atomic E-state index is 0.0223. The lowest BCUT2D eigenvalue weighted by atomic mass is 9.76. The fraction of sp³-hybridized carbons (Fsp3) is 0.550. The van der Waals surface area contributed by atoms with Crippen molar-refractivity contribution >= 4 is 11.9 Å². The third kappa shape index (κ3) is 5.39. The summed E-state index contributed by atoms with van der Waals surface area (Å²) in [5.41, 5.74) is 1.14. The Morgan fingerprint density at radius 2 is 2.15 bits per heavy atom. The van der Waals surface area contributed by atoms with E-state index in [0.29, 0.717) is 25.9 Å². The maximum atomic E-state index is 12.7. The van der Waals surface area contributed by atoms with Crippen molar-refractivity contribution in [1.82, 2.24) is 14.8 Å². The average Bonchev–Trinajstić information content (AvgIpc) is 2.60. The van der Waals surface area contributed by atoms with Gasteiger partial charge in [-0.05, 0) is 52.3 Å². The standard InChI is InChI=1S/C20H29N3O3/c1-16(2)8-10-20(19(25)26)9-6-12-23(15-20)18(24)14-22(3)13-17-7-4-5-11-21-17/h4-5,7-8,11H,6,9-10,12-15H2,1-3H3,(H,25,26). The molecule has 1 aromatic heterocycles. The molecular formula is C20H29N3O3. The lowest BCUT2D eigenvalue weighted by Crippen LogP contribution is -2.51. The molecule has 0 radical (unpaired) electrons. The summed E-state index contributed by atoms with van der Waals surface area (Å²) in [5, 5.41) is 9.79. The van der Waals surface area contributed by atoms with Gasteiger partial charge in [-0.2, -0.15) is 0 Å². The summed E-state index contributed by atoms with van der Waals surface area (Å²) >= 11 is 0. The molecule has 1 aromatic rings. The molecule has 6 heteroatoms. The van der Waals surface area contributed by atoms with Gasteiger partial charge in [-0.3, -0.25) is 19.5 Å². The molecule has 1 unspecified atom stereocenters. The predicted octanol–water partition coefficient (Wildman–Crippen LogP) is 2.56. The van der Waals surface area contributed by atoms with Crippen LogP contribution >= 0.6 is 0 Å². The maximum absolute atomic E-state index is 12.7. The molecule has 0 aromatic carbocycles. The van der Waals surface area contributed by atoms with Crippen LogP contribution in [0.5, 0.6) is 0 Å². The van der Waals surface area contributed by atoms with Crippen molar-refractivity contribution in [3.05, 3.63) is 41.7 Å². The molecule has 26 heavy (non-hydrogen) atoms. The van der Waals surface area contributed by atoms with E-state index in [0.717, 1.165) is 17.7 Å². The lowest BCUT2D eigenvalue weighted by molar-refractivity contribution is -0.154. The van der Waals surface area contributed by atoms with Crippen LogP contribution in [0.4, 0.5) is 0 Å². The molecule has 0 spiro atoms. The van der Waals surface area contributed by atoms with Crippen molar-refractivity contribution in [3.63, 3.8) is 0 Å². The molecule has 0 saturated carbocycles. The Kier molecular flexibility index (Phi) is 6.91. The predicted molar refractivity (Wildman–Crippen MR) is 101 cm³/mol. The summed E-state index contributed by atoms with van der Waals surface area (Å²) in [4.78, 5) is 32.5.